The molecule has 0 aliphatic carbocycles. The molecule has 4 amide bonds. The van der Waals surface area contributed by atoms with Crippen LogP contribution in [0, 0.1) is 11.8 Å². The fraction of sp³-hybridized carbons (Fsp3) is 0.773. The van der Waals surface area contributed by atoms with Gasteiger partial charge in [-0.2, -0.15) is 11.8 Å². The van der Waals surface area contributed by atoms with E-state index in [-0.39, 0.29) is 24.7 Å². The van der Waals surface area contributed by atoms with E-state index < -0.39 is 53.8 Å². The van der Waals surface area contributed by atoms with Gasteiger partial charge in [-0.25, -0.2) is 4.79 Å². The summed E-state index contributed by atoms with van der Waals surface area (Å²) in [6.45, 7) is 7.37. The minimum absolute atomic E-state index is 0.0690. The van der Waals surface area contributed by atoms with Crippen molar-refractivity contribution in [3.05, 3.63) is 0 Å². The zero-order valence-electron chi connectivity index (χ0n) is 20.8. The minimum Gasteiger partial charge on any atom is -0.480 e. The third kappa shape index (κ3) is 12.2. The minimum atomic E-state index is -1.33. The molecule has 0 rings (SSSR count). The molecule has 0 aliphatic heterocycles. The maximum absolute atomic E-state index is 13.1. The molecule has 11 nitrogen and oxygen atoms in total. The average molecular weight is 504 g/mol. The molecule has 0 heterocycles. The highest BCUT2D eigenvalue weighted by Crippen LogP contribution is 2.12. The van der Waals surface area contributed by atoms with Gasteiger partial charge in [-0.05, 0) is 43.1 Å². The largest absolute Gasteiger partial charge is 0.480 e. The molecule has 5 unspecified atom stereocenters. The van der Waals surface area contributed by atoms with Gasteiger partial charge < -0.3 is 32.5 Å². The molecule has 8 N–H and O–H groups in total. The second kappa shape index (κ2) is 16.3. The second-order valence-corrected chi connectivity index (χ2v) is 9.84. The van der Waals surface area contributed by atoms with Crippen molar-refractivity contribution in [1.29, 1.82) is 0 Å². The third-order valence-electron chi connectivity index (χ3n) is 5.40. The van der Waals surface area contributed by atoms with E-state index in [1.54, 1.807) is 18.7 Å². The number of carboxylic acid groups (broad SMARTS) is 1. The Labute approximate surface area is 205 Å². The summed E-state index contributed by atoms with van der Waals surface area (Å²) in [7, 11) is 0. The monoisotopic (exact) mass is 503 g/mol. The number of nitrogens with two attached hydrogens (primary N) is 2. The first-order chi connectivity index (χ1) is 15.8. The highest BCUT2D eigenvalue weighted by molar-refractivity contribution is 7.98. The highest BCUT2D eigenvalue weighted by atomic mass is 32.2. The molecule has 0 saturated heterocycles. The molecule has 0 aliphatic rings. The summed E-state index contributed by atoms with van der Waals surface area (Å²) in [4.78, 5) is 61.0. The smallest absolute Gasteiger partial charge is 0.326 e. The average Bonchev–Trinajstić information content (AvgIpc) is 2.76. The molecule has 0 bridgehead atoms. The summed E-state index contributed by atoms with van der Waals surface area (Å²) < 4.78 is 0. The molecule has 0 aromatic carbocycles. The molecule has 0 aromatic heterocycles. The number of thioether (sulfide) groups is 1. The number of carbonyl (C=O) groups excluding carboxylic acids is 4. The van der Waals surface area contributed by atoms with E-state index in [4.69, 9.17) is 11.5 Å². The van der Waals surface area contributed by atoms with E-state index in [0.29, 0.717) is 25.0 Å². The third-order valence-corrected chi connectivity index (χ3v) is 6.04. The lowest BCUT2D eigenvalue weighted by atomic mass is 9.96. The van der Waals surface area contributed by atoms with Crippen molar-refractivity contribution in [2.75, 3.05) is 12.0 Å². The molecule has 0 aromatic rings. The van der Waals surface area contributed by atoms with Crippen molar-refractivity contribution < 1.29 is 29.1 Å². The Morgan fingerprint density at radius 2 is 1.50 bits per heavy atom. The second-order valence-electron chi connectivity index (χ2n) is 8.85. The van der Waals surface area contributed by atoms with E-state index >= 15 is 0 Å². The van der Waals surface area contributed by atoms with Gasteiger partial charge in [-0.15, -0.1) is 0 Å². The van der Waals surface area contributed by atoms with Gasteiger partial charge in [-0.3, -0.25) is 19.2 Å². The Bertz CT molecular complexity index is 705. The molecule has 0 saturated carbocycles. The number of hydrogen-bond acceptors (Lipinski definition) is 7. The van der Waals surface area contributed by atoms with Gasteiger partial charge >= 0.3 is 5.97 Å². The topological polar surface area (TPSA) is 194 Å². The van der Waals surface area contributed by atoms with Gasteiger partial charge in [0.15, 0.2) is 0 Å². The molecule has 196 valence electrons. The summed E-state index contributed by atoms with van der Waals surface area (Å²) >= 11 is 1.56. The molecule has 0 radical (unpaired) electrons. The summed E-state index contributed by atoms with van der Waals surface area (Å²) in [5.74, 6) is -3.24. The predicted octanol–water partition coefficient (Wildman–Crippen LogP) is -0.0365. The molecule has 5 atom stereocenters. The molecular weight excluding hydrogens is 462 g/mol. The van der Waals surface area contributed by atoms with Gasteiger partial charge in [0.05, 0.1) is 6.04 Å². The van der Waals surface area contributed by atoms with E-state index in [2.05, 4.69) is 16.0 Å². The van der Waals surface area contributed by atoms with Crippen LogP contribution in [0.4, 0.5) is 0 Å². The SMILES string of the molecule is CCC(C)C(NC(=O)C(CC(C)C)NC(=O)C(N)CCSC)C(=O)NC(CCC(N)=O)C(=O)O. The maximum atomic E-state index is 13.1. The van der Waals surface area contributed by atoms with Crippen molar-refractivity contribution in [3.63, 3.8) is 0 Å². The lowest BCUT2D eigenvalue weighted by Crippen LogP contribution is -2.59. The van der Waals surface area contributed by atoms with E-state index in [1.165, 1.54) is 0 Å². The van der Waals surface area contributed by atoms with Crippen LogP contribution in [-0.4, -0.2) is 70.9 Å². The zero-order valence-corrected chi connectivity index (χ0v) is 21.6. The first kappa shape index (κ1) is 31.7. The van der Waals surface area contributed by atoms with Crippen molar-refractivity contribution in [2.24, 2.45) is 23.3 Å². The summed E-state index contributed by atoms with van der Waals surface area (Å²) in [6.07, 6.45) is 2.84. The fourth-order valence-corrected chi connectivity index (χ4v) is 3.61. The number of aliphatic carboxylic acids is 1. The van der Waals surface area contributed by atoms with Gasteiger partial charge in [0.2, 0.25) is 23.6 Å². The van der Waals surface area contributed by atoms with Gasteiger partial charge in [0.1, 0.15) is 18.1 Å². The number of carboxylic acids is 1. The molecule has 0 fully saturated rings. The van der Waals surface area contributed by atoms with Crippen LogP contribution in [0.1, 0.15) is 59.8 Å². The first-order valence-corrected chi connectivity index (χ1v) is 12.9. The lowest BCUT2D eigenvalue weighted by Gasteiger charge is -2.28. The van der Waals surface area contributed by atoms with E-state index in [1.807, 2.05) is 27.0 Å². The Morgan fingerprint density at radius 3 is 1.97 bits per heavy atom. The van der Waals surface area contributed by atoms with Crippen LogP contribution in [-0.2, 0) is 24.0 Å². The summed E-state index contributed by atoms with van der Waals surface area (Å²) in [5, 5.41) is 17.1. The number of hydrogen-bond donors (Lipinski definition) is 6. The van der Waals surface area contributed by atoms with Gasteiger partial charge in [0, 0.05) is 6.42 Å². The quantitative estimate of drug-likeness (QED) is 0.159. The number of rotatable bonds is 17. The Kier molecular flexibility index (Phi) is 15.2. The first-order valence-electron chi connectivity index (χ1n) is 11.5. The molecular formula is C22H41N5O6S. The summed E-state index contributed by atoms with van der Waals surface area (Å²) in [5.41, 5.74) is 11.0. The van der Waals surface area contributed by atoms with Crippen LogP contribution in [0.5, 0.6) is 0 Å². The molecule has 12 heteroatoms. The van der Waals surface area contributed by atoms with E-state index in [0.717, 1.165) is 0 Å². The van der Waals surface area contributed by atoms with Crippen molar-refractivity contribution in [3.8, 4) is 0 Å². The van der Waals surface area contributed by atoms with Gasteiger partial charge in [-0.1, -0.05) is 34.1 Å². The van der Waals surface area contributed by atoms with Crippen molar-refractivity contribution in [2.45, 2.75) is 84.0 Å². The predicted molar refractivity (Wildman–Crippen MR) is 132 cm³/mol. The van der Waals surface area contributed by atoms with Crippen LogP contribution in [0.3, 0.4) is 0 Å². The fourth-order valence-electron chi connectivity index (χ4n) is 3.12. The van der Waals surface area contributed by atoms with Crippen molar-refractivity contribution >= 4 is 41.4 Å². The number of carbonyl (C=O) groups is 5. The Morgan fingerprint density at radius 1 is 0.912 bits per heavy atom. The number of nitrogens with one attached hydrogen (secondary N) is 3. The standard InChI is InChI=1S/C22H41N5O6S/c1-6-13(4)18(21(31)25-15(22(32)33)7-8-17(24)28)27-20(30)16(11-12(2)3)26-19(29)14(23)9-10-34-5/h12-16,18H,6-11,23H2,1-5H3,(H2,24,28)(H,25,31)(H,26,29)(H,27,30)(H,32,33). The van der Waals surface area contributed by atoms with Crippen LogP contribution in [0.2, 0.25) is 0 Å². The van der Waals surface area contributed by atoms with E-state index in [9.17, 15) is 29.1 Å². The van der Waals surface area contributed by atoms with Crippen LogP contribution < -0.4 is 27.4 Å². The van der Waals surface area contributed by atoms with Gasteiger partial charge in [0.25, 0.3) is 0 Å². The van der Waals surface area contributed by atoms with Crippen LogP contribution in [0.25, 0.3) is 0 Å². The van der Waals surface area contributed by atoms with Crippen LogP contribution in [0.15, 0.2) is 0 Å². The lowest BCUT2D eigenvalue weighted by molar-refractivity contribution is -0.143. The Hall–Kier alpha value is -2.34. The number of amides is 4. The summed E-state index contributed by atoms with van der Waals surface area (Å²) in [6, 6.07) is -4.03. The molecule has 34 heavy (non-hydrogen) atoms. The normalized spacial score (nSPS) is 15.5. The Balaban J connectivity index is 5.51. The van der Waals surface area contributed by atoms with Crippen molar-refractivity contribution in [1.82, 2.24) is 16.0 Å². The maximum Gasteiger partial charge on any atom is 0.326 e. The highest BCUT2D eigenvalue weighted by Gasteiger charge is 2.33. The zero-order chi connectivity index (χ0) is 26.4. The number of primary amides is 1. The van der Waals surface area contributed by atoms with Crippen LogP contribution >= 0.6 is 11.8 Å². The molecule has 0 spiro atoms.